The SMILES string of the molecule is CCCCOCCCNC(=O)Cn1nc(C)c2ccccc2c1=O. The highest BCUT2D eigenvalue weighted by Gasteiger charge is 2.10. The normalized spacial score (nSPS) is 10.9. The maximum Gasteiger partial charge on any atom is 0.275 e. The fraction of sp³-hybridized carbons (Fsp3) is 0.500. The van der Waals surface area contributed by atoms with Crippen LogP contribution in [-0.4, -0.2) is 35.4 Å². The molecule has 0 saturated heterocycles. The van der Waals surface area contributed by atoms with Crippen LogP contribution in [0.1, 0.15) is 31.9 Å². The molecule has 6 nitrogen and oxygen atoms in total. The second-order valence-electron chi connectivity index (χ2n) is 5.76. The van der Waals surface area contributed by atoms with E-state index < -0.39 is 0 Å². The van der Waals surface area contributed by atoms with E-state index in [1.165, 1.54) is 4.68 Å². The Bertz CT molecular complexity index is 740. The summed E-state index contributed by atoms with van der Waals surface area (Å²) in [4.78, 5) is 24.4. The summed E-state index contributed by atoms with van der Waals surface area (Å²) in [6, 6.07) is 7.30. The van der Waals surface area contributed by atoms with E-state index in [1.54, 1.807) is 6.07 Å². The number of ether oxygens (including phenoxy) is 1. The largest absolute Gasteiger partial charge is 0.381 e. The van der Waals surface area contributed by atoms with Crippen molar-refractivity contribution in [2.24, 2.45) is 0 Å². The molecule has 24 heavy (non-hydrogen) atoms. The standard InChI is InChI=1S/C18H25N3O3/c1-3-4-11-24-12-7-10-19-17(22)13-21-18(23)16-9-6-5-8-15(16)14(2)20-21/h5-6,8-9H,3-4,7,10-13H2,1-2H3,(H,19,22). The summed E-state index contributed by atoms with van der Waals surface area (Å²) < 4.78 is 6.67. The Hall–Kier alpha value is -2.21. The van der Waals surface area contributed by atoms with E-state index in [2.05, 4.69) is 17.3 Å². The number of aryl methyl sites for hydroxylation is 1. The summed E-state index contributed by atoms with van der Waals surface area (Å²) in [6.07, 6.45) is 2.93. The Kier molecular flexibility index (Phi) is 6.93. The lowest BCUT2D eigenvalue weighted by molar-refractivity contribution is -0.121. The molecule has 0 fully saturated rings. The van der Waals surface area contributed by atoms with Gasteiger partial charge in [-0.3, -0.25) is 9.59 Å². The van der Waals surface area contributed by atoms with Crippen LogP contribution in [0.3, 0.4) is 0 Å². The van der Waals surface area contributed by atoms with Crippen LogP contribution >= 0.6 is 0 Å². The number of rotatable bonds is 9. The molecule has 0 atom stereocenters. The van der Waals surface area contributed by atoms with Crippen LogP contribution in [0.25, 0.3) is 10.8 Å². The molecule has 2 rings (SSSR count). The second-order valence-corrected chi connectivity index (χ2v) is 5.76. The van der Waals surface area contributed by atoms with Crippen LogP contribution in [0.4, 0.5) is 0 Å². The highest BCUT2D eigenvalue weighted by Crippen LogP contribution is 2.11. The van der Waals surface area contributed by atoms with E-state index in [9.17, 15) is 9.59 Å². The van der Waals surface area contributed by atoms with Gasteiger partial charge in [0.2, 0.25) is 5.91 Å². The van der Waals surface area contributed by atoms with E-state index in [0.717, 1.165) is 36.9 Å². The van der Waals surface area contributed by atoms with Gasteiger partial charge in [0.05, 0.1) is 11.1 Å². The molecular weight excluding hydrogens is 306 g/mol. The van der Waals surface area contributed by atoms with Gasteiger partial charge in [0.25, 0.3) is 5.56 Å². The number of hydrogen-bond donors (Lipinski definition) is 1. The first-order valence-corrected chi connectivity index (χ1v) is 8.44. The Morgan fingerprint density at radius 1 is 1.21 bits per heavy atom. The Balaban J connectivity index is 1.87. The summed E-state index contributed by atoms with van der Waals surface area (Å²) in [5.41, 5.74) is 0.497. The molecule has 0 aliphatic carbocycles. The van der Waals surface area contributed by atoms with Crippen LogP contribution in [0.5, 0.6) is 0 Å². The lowest BCUT2D eigenvalue weighted by Gasteiger charge is -2.09. The predicted molar refractivity (Wildman–Crippen MR) is 94.1 cm³/mol. The van der Waals surface area contributed by atoms with Crippen molar-refractivity contribution in [2.45, 2.75) is 39.7 Å². The zero-order valence-electron chi connectivity index (χ0n) is 14.4. The van der Waals surface area contributed by atoms with Gasteiger partial charge in [0.1, 0.15) is 6.54 Å². The minimum atomic E-state index is -0.241. The number of unbranched alkanes of at least 4 members (excludes halogenated alkanes) is 1. The lowest BCUT2D eigenvalue weighted by Crippen LogP contribution is -2.34. The minimum Gasteiger partial charge on any atom is -0.381 e. The van der Waals surface area contributed by atoms with Gasteiger partial charge in [-0.2, -0.15) is 5.10 Å². The number of nitrogens with one attached hydrogen (secondary N) is 1. The lowest BCUT2D eigenvalue weighted by atomic mass is 10.1. The third kappa shape index (κ3) is 4.89. The number of amides is 1. The number of benzene rings is 1. The van der Waals surface area contributed by atoms with E-state index in [-0.39, 0.29) is 18.0 Å². The van der Waals surface area contributed by atoms with Gasteiger partial charge < -0.3 is 10.1 Å². The molecule has 130 valence electrons. The molecule has 6 heteroatoms. The molecule has 1 amide bonds. The molecule has 2 aromatic rings. The van der Waals surface area contributed by atoms with Crippen molar-refractivity contribution in [3.63, 3.8) is 0 Å². The highest BCUT2D eigenvalue weighted by atomic mass is 16.5. The first-order valence-electron chi connectivity index (χ1n) is 8.44. The van der Waals surface area contributed by atoms with Gasteiger partial charge in [0.15, 0.2) is 0 Å². The molecule has 0 aliphatic heterocycles. The van der Waals surface area contributed by atoms with Crippen molar-refractivity contribution in [1.82, 2.24) is 15.1 Å². The van der Waals surface area contributed by atoms with Crippen molar-refractivity contribution in [1.29, 1.82) is 0 Å². The van der Waals surface area contributed by atoms with Crippen molar-refractivity contribution in [2.75, 3.05) is 19.8 Å². The summed E-state index contributed by atoms with van der Waals surface area (Å²) in [5.74, 6) is -0.215. The molecule has 0 unspecified atom stereocenters. The molecule has 0 aliphatic rings. The molecule has 1 N–H and O–H groups in total. The predicted octanol–water partition coefficient (Wildman–Crippen LogP) is 2.03. The summed E-state index contributed by atoms with van der Waals surface area (Å²) in [7, 11) is 0. The van der Waals surface area contributed by atoms with Crippen molar-refractivity contribution >= 4 is 16.7 Å². The number of nitrogens with zero attached hydrogens (tertiary/aromatic N) is 2. The number of fused-ring (bicyclic) bond motifs is 1. The number of aromatic nitrogens is 2. The van der Waals surface area contributed by atoms with Crippen LogP contribution in [0.2, 0.25) is 0 Å². The van der Waals surface area contributed by atoms with Crippen LogP contribution in [0.15, 0.2) is 29.1 Å². The van der Waals surface area contributed by atoms with Crippen molar-refractivity contribution in [3.05, 3.63) is 40.3 Å². The van der Waals surface area contributed by atoms with Gasteiger partial charge in [-0.25, -0.2) is 4.68 Å². The van der Waals surface area contributed by atoms with Crippen LogP contribution < -0.4 is 10.9 Å². The highest BCUT2D eigenvalue weighted by molar-refractivity contribution is 5.83. The van der Waals surface area contributed by atoms with Gasteiger partial charge in [-0.05, 0) is 25.8 Å². The summed E-state index contributed by atoms with van der Waals surface area (Å²) >= 11 is 0. The van der Waals surface area contributed by atoms with Gasteiger partial charge in [0, 0.05) is 25.1 Å². The molecule has 1 heterocycles. The third-order valence-corrected chi connectivity index (χ3v) is 3.78. The van der Waals surface area contributed by atoms with Gasteiger partial charge >= 0.3 is 0 Å². The van der Waals surface area contributed by atoms with Gasteiger partial charge in [-0.1, -0.05) is 31.5 Å². The van der Waals surface area contributed by atoms with E-state index in [0.29, 0.717) is 18.5 Å². The van der Waals surface area contributed by atoms with Crippen molar-refractivity contribution in [3.8, 4) is 0 Å². The van der Waals surface area contributed by atoms with E-state index in [1.807, 2.05) is 25.1 Å². The Labute approximate surface area is 141 Å². The summed E-state index contributed by atoms with van der Waals surface area (Å²) in [5, 5.41) is 8.44. The quantitative estimate of drug-likeness (QED) is 0.714. The Morgan fingerprint density at radius 3 is 2.67 bits per heavy atom. The van der Waals surface area contributed by atoms with E-state index >= 15 is 0 Å². The molecule has 0 radical (unpaired) electrons. The first kappa shape index (κ1) is 18.1. The Morgan fingerprint density at radius 2 is 1.92 bits per heavy atom. The van der Waals surface area contributed by atoms with Gasteiger partial charge in [-0.15, -0.1) is 0 Å². The molecular formula is C18H25N3O3. The zero-order valence-corrected chi connectivity index (χ0v) is 14.4. The third-order valence-electron chi connectivity index (χ3n) is 3.78. The average molecular weight is 331 g/mol. The number of carbonyl (C=O) groups excluding carboxylic acids is 1. The number of carbonyl (C=O) groups is 1. The smallest absolute Gasteiger partial charge is 0.275 e. The maximum atomic E-state index is 12.4. The fourth-order valence-electron chi connectivity index (χ4n) is 2.45. The molecule has 0 spiro atoms. The van der Waals surface area contributed by atoms with Crippen molar-refractivity contribution < 1.29 is 9.53 Å². The molecule has 1 aromatic carbocycles. The zero-order chi connectivity index (χ0) is 17.4. The topological polar surface area (TPSA) is 73.2 Å². The number of hydrogen-bond acceptors (Lipinski definition) is 4. The fourth-order valence-corrected chi connectivity index (χ4v) is 2.45. The molecule has 0 saturated carbocycles. The van der Waals surface area contributed by atoms with Crippen LogP contribution in [0, 0.1) is 6.92 Å². The van der Waals surface area contributed by atoms with E-state index in [4.69, 9.17) is 4.74 Å². The first-order chi connectivity index (χ1) is 11.6. The average Bonchev–Trinajstić information content (AvgIpc) is 2.59. The maximum absolute atomic E-state index is 12.4. The molecule has 0 bridgehead atoms. The summed E-state index contributed by atoms with van der Waals surface area (Å²) in [6.45, 7) is 5.82. The van der Waals surface area contributed by atoms with Crippen LogP contribution in [-0.2, 0) is 16.1 Å². The minimum absolute atomic E-state index is 0.0683. The molecule has 1 aromatic heterocycles. The second kappa shape index (κ2) is 9.17. The monoisotopic (exact) mass is 331 g/mol.